The monoisotopic (exact) mass is 557 g/mol. The van der Waals surface area contributed by atoms with Gasteiger partial charge < -0.3 is 4.74 Å². The second-order valence-electron chi connectivity index (χ2n) is 16.4. The van der Waals surface area contributed by atoms with E-state index >= 15 is 0 Å². The molecule has 5 fully saturated rings. The molecule has 0 bridgehead atoms. The zero-order valence-electron chi connectivity index (χ0n) is 25.5. The Kier molecular flexibility index (Phi) is 5.10. The van der Waals surface area contributed by atoms with Crippen molar-refractivity contribution in [2.45, 2.75) is 105 Å². The van der Waals surface area contributed by atoms with Crippen molar-refractivity contribution in [1.82, 2.24) is 9.55 Å². The third-order valence-electron chi connectivity index (χ3n) is 13.9. The van der Waals surface area contributed by atoms with Gasteiger partial charge in [0.15, 0.2) is 11.6 Å². The first-order valence-electron chi connectivity index (χ1n) is 15.5. The molecule has 41 heavy (non-hydrogen) atoms. The molecule has 1 aromatic rings. The summed E-state index contributed by atoms with van der Waals surface area (Å²) in [6, 6.07) is 2.25. The molecule has 218 valence electrons. The van der Waals surface area contributed by atoms with Crippen LogP contribution in [0.5, 0.6) is 0 Å². The van der Waals surface area contributed by atoms with Crippen LogP contribution in [0.1, 0.15) is 98.2 Å². The molecule has 6 aliphatic rings. The Labute approximate surface area is 243 Å². The van der Waals surface area contributed by atoms with Crippen LogP contribution in [0, 0.1) is 61.6 Å². The van der Waals surface area contributed by atoms with Gasteiger partial charge in [-0.25, -0.2) is 4.98 Å². The second-order valence-corrected chi connectivity index (χ2v) is 16.4. The maximum atomic E-state index is 14.7. The molecule has 0 spiro atoms. The van der Waals surface area contributed by atoms with E-state index < -0.39 is 27.9 Å². The van der Waals surface area contributed by atoms with Crippen molar-refractivity contribution in [1.29, 1.82) is 5.26 Å². The smallest absolute Gasteiger partial charge is 0.240 e. The number of ketones is 2. The molecule has 1 aliphatic heterocycles. The van der Waals surface area contributed by atoms with Crippen molar-refractivity contribution in [3.05, 3.63) is 30.4 Å². The minimum absolute atomic E-state index is 0.0112. The third kappa shape index (κ3) is 2.94. The highest BCUT2D eigenvalue weighted by Gasteiger charge is 2.82. The Hall–Kier alpha value is -2.59. The Morgan fingerprint density at radius 1 is 1.05 bits per heavy atom. The maximum Gasteiger partial charge on any atom is 0.240 e. The molecule has 7 heteroatoms. The van der Waals surface area contributed by atoms with Gasteiger partial charge in [0.25, 0.3) is 0 Å². The maximum absolute atomic E-state index is 14.7. The highest BCUT2D eigenvalue weighted by Crippen LogP contribution is 2.77. The van der Waals surface area contributed by atoms with Gasteiger partial charge in [-0.15, -0.1) is 0 Å². The van der Waals surface area contributed by atoms with E-state index in [1.54, 1.807) is 23.3 Å². The van der Waals surface area contributed by atoms with E-state index in [4.69, 9.17) is 4.74 Å². The summed E-state index contributed by atoms with van der Waals surface area (Å²) in [5.74, 6) is -0.254. The number of allylic oxidation sites excluding steroid dienone is 1. The largest absolute Gasteiger partial charge is 0.342 e. The Morgan fingerprint density at radius 3 is 2.41 bits per heavy atom. The fraction of sp³-hybridized carbons (Fsp3) is 0.735. The van der Waals surface area contributed by atoms with Gasteiger partial charge in [0.1, 0.15) is 18.5 Å². The number of ether oxygens (including phenoxy) is 1. The third-order valence-corrected chi connectivity index (χ3v) is 13.9. The number of Topliss-reactive ketones (excluding diaryl/α,β-unsaturated/α-hetero) is 1. The van der Waals surface area contributed by atoms with Gasteiger partial charge in [-0.1, -0.05) is 54.0 Å². The second kappa shape index (κ2) is 7.67. The zero-order valence-corrected chi connectivity index (χ0v) is 25.5. The van der Waals surface area contributed by atoms with Gasteiger partial charge in [-0.2, -0.15) is 5.26 Å². The molecule has 0 radical (unpaired) electrons. The molecule has 1 aromatic heterocycles. The lowest BCUT2D eigenvalue weighted by molar-refractivity contribution is -0.168. The van der Waals surface area contributed by atoms with Gasteiger partial charge in [-0.05, 0) is 79.1 Å². The lowest BCUT2D eigenvalue weighted by atomic mass is 9.33. The SMILES string of the molecule is CC1(C)CCC2(C(=O)n3ccnc3)CCC3(C)C(C(=O)C=C4C5(C)C(CCC43C)C(C)(C)C(=O)C3(C#N)OC35)C2C1. The number of hydrogen-bond acceptors (Lipinski definition) is 6. The molecule has 9 unspecified atom stereocenters. The van der Waals surface area contributed by atoms with Crippen LogP contribution < -0.4 is 0 Å². The van der Waals surface area contributed by atoms with Crippen LogP contribution in [0.4, 0.5) is 0 Å². The Balaban J connectivity index is 1.39. The van der Waals surface area contributed by atoms with Crippen molar-refractivity contribution in [3.63, 3.8) is 0 Å². The summed E-state index contributed by atoms with van der Waals surface area (Å²) in [6.07, 6.45) is 12.2. The summed E-state index contributed by atoms with van der Waals surface area (Å²) in [4.78, 5) is 46.7. The number of nitrogens with zero attached hydrogens (tertiary/aromatic N) is 3. The lowest BCUT2D eigenvalue weighted by Crippen LogP contribution is -2.68. The van der Waals surface area contributed by atoms with Crippen LogP contribution >= 0.6 is 0 Å². The minimum atomic E-state index is -1.42. The van der Waals surface area contributed by atoms with Crippen molar-refractivity contribution in [2.24, 2.45) is 50.2 Å². The summed E-state index contributed by atoms with van der Waals surface area (Å²) in [6.45, 7) is 15.3. The number of rotatable bonds is 1. The molecule has 0 amide bonds. The molecule has 5 aliphatic carbocycles. The minimum Gasteiger partial charge on any atom is -0.342 e. The topological polar surface area (TPSA) is 105 Å². The molecular formula is C34H43N3O4. The number of hydrogen-bond donors (Lipinski definition) is 0. The molecule has 0 N–H and O–H groups in total. The highest BCUT2D eigenvalue weighted by atomic mass is 16.6. The first kappa shape index (κ1) is 27.3. The molecule has 4 saturated carbocycles. The normalized spacial score (nSPS) is 48.8. The van der Waals surface area contributed by atoms with Gasteiger partial charge in [-0.3, -0.25) is 19.0 Å². The first-order valence-corrected chi connectivity index (χ1v) is 15.5. The molecule has 9 atom stereocenters. The quantitative estimate of drug-likeness (QED) is 0.395. The summed E-state index contributed by atoms with van der Waals surface area (Å²) in [5.41, 5.74) is -2.87. The highest BCUT2D eigenvalue weighted by molar-refractivity contribution is 6.01. The molecule has 2 heterocycles. The fourth-order valence-electron chi connectivity index (χ4n) is 11.5. The molecule has 7 nitrogen and oxygen atoms in total. The molecule has 7 rings (SSSR count). The van der Waals surface area contributed by atoms with E-state index in [0.29, 0.717) is 0 Å². The average molecular weight is 558 g/mol. The van der Waals surface area contributed by atoms with Crippen molar-refractivity contribution in [3.8, 4) is 6.07 Å². The summed E-state index contributed by atoms with van der Waals surface area (Å²) >= 11 is 0. The Morgan fingerprint density at radius 2 is 1.76 bits per heavy atom. The summed E-state index contributed by atoms with van der Waals surface area (Å²) < 4.78 is 7.76. The number of aromatic nitrogens is 2. The lowest BCUT2D eigenvalue weighted by Gasteiger charge is -2.69. The van der Waals surface area contributed by atoms with Crippen LogP contribution in [0.25, 0.3) is 0 Å². The number of carbonyl (C=O) groups is 3. The fourth-order valence-corrected chi connectivity index (χ4v) is 11.5. The van der Waals surface area contributed by atoms with Crippen LogP contribution in [0.3, 0.4) is 0 Å². The van der Waals surface area contributed by atoms with E-state index in [2.05, 4.69) is 45.7 Å². The zero-order chi connectivity index (χ0) is 29.6. The number of nitriles is 1. The van der Waals surface area contributed by atoms with Crippen LogP contribution in [-0.4, -0.2) is 38.7 Å². The first-order chi connectivity index (χ1) is 19.1. The molecular weight excluding hydrogens is 514 g/mol. The summed E-state index contributed by atoms with van der Waals surface area (Å²) in [5, 5.41) is 10.2. The Bertz CT molecular complexity index is 1470. The summed E-state index contributed by atoms with van der Waals surface area (Å²) in [7, 11) is 0. The van der Waals surface area contributed by atoms with Crippen LogP contribution in [0.15, 0.2) is 30.4 Å². The average Bonchev–Trinajstić information content (AvgIpc) is 3.43. The van der Waals surface area contributed by atoms with Gasteiger partial charge in [0, 0.05) is 29.1 Å². The number of fused-ring (bicyclic) bond motifs is 9. The van der Waals surface area contributed by atoms with Crippen LogP contribution in [-0.2, 0) is 14.3 Å². The predicted octanol–water partition coefficient (Wildman–Crippen LogP) is 5.95. The standard InChI is InChI=1S/C34H43N3O4/c1-28(2)10-12-33(27(40)37-15-14-36-19-37)13-11-31(6)24(20(33)17-28)21(38)16-23-30(31,5)9-8-22-29(3,4)25(39)34(18-35)26(41-34)32(22,23)7/h14-16,19-20,22,24,26H,8-13,17H2,1-7H3. The van der Waals surface area contributed by atoms with E-state index in [9.17, 15) is 19.6 Å². The van der Waals surface area contributed by atoms with Gasteiger partial charge in [0.2, 0.25) is 11.5 Å². The van der Waals surface area contributed by atoms with E-state index in [1.165, 1.54) is 0 Å². The molecule has 1 saturated heterocycles. The van der Waals surface area contributed by atoms with Crippen molar-refractivity contribution >= 4 is 17.5 Å². The van der Waals surface area contributed by atoms with E-state index in [-0.39, 0.29) is 51.5 Å². The van der Waals surface area contributed by atoms with Crippen molar-refractivity contribution < 1.29 is 19.1 Å². The van der Waals surface area contributed by atoms with E-state index in [0.717, 1.165) is 50.5 Å². The van der Waals surface area contributed by atoms with Crippen molar-refractivity contribution in [2.75, 3.05) is 0 Å². The molecule has 0 aromatic carbocycles. The predicted molar refractivity (Wildman–Crippen MR) is 151 cm³/mol. The van der Waals surface area contributed by atoms with E-state index in [1.807, 2.05) is 19.9 Å². The van der Waals surface area contributed by atoms with Gasteiger partial charge >= 0.3 is 0 Å². The van der Waals surface area contributed by atoms with Crippen LogP contribution in [0.2, 0.25) is 0 Å². The number of epoxide rings is 1. The number of carbonyl (C=O) groups excluding carboxylic acids is 3. The number of imidazole rings is 1. The van der Waals surface area contributed by atoms with Gasteiger partial charge in [0.05, 0.1) is 5.41 Å².